The Morgan fingerprint density at radius 3 is 2.65 bits per heavy atom. The predicted octanol–water partition coefficient (Wildman–Crippen LogP) is 3.73. The van der Waals surface area contributed by atoms with E-state index in [0.29, 0.717) is 16.9 Å². The predicted molar refractivity (Wildman–Crippen MR) is 91.1 cm³/mol. The molecule has 0 heterocycles. The zero-order valence-corrected chi connectivity index (χ0v) is 14.4. The number of phenolic OH excluding ortho intramolecular Hbond substituents is 1. The maximum atomic E-state index is 9.70. The largest absolute Gasteiger partial charge is 0.508 e. The van der Waals surface area contributed by atoms with Crippen molar-refractivity contribution >= 4 is 24.2 Å². The van der Waals surface area contributed by atoms with Crippen molar-refractivity contribution in [1.29, 1.82) is 0 Å². The highest BCUT2D eigenvalue weighted by Crippen LogP contribution is 2.41. The summed E-state index contributed by atoms with van der Waals surface area (Å²) < 4.78 is 0. The van der Waals surface area contributed by atoms with Crippen LogP contribution in [-0.2, 0) is 11.8 Å². The molecule has 0 spiro atoms. The third kappa shape index (κ3) is 3.44. The summed E-state index contributed by atoms with van der Waals surface area (Å²) in [5, 5.41) is 10.2. The molecule has 2 atom stereocenters. The Morgan fingerprint density at radius 1 is 1.40 bits per heavy atom. The summed E-state index contributed by atoms with van der Waals surface area (Å²) in [5.41, 5.74) is 8.97. The summed E-state index contributed by atoms with van der Waals surface area (Å²) in [4.78, 5) is 0. The van der Waals surface area contributed by atoms with Gasteiger partial charge in [0.2, 0.25) is 0 Å². The highest BCUT2D eigenvalue weighted by atomic mass is 35.5. The van der Waals surface area contributed by atoms with Crippen LogP contribution in [0.4, 0.5) is 0 Å². The van der Waals surface area contributed by atoms with Crippen LogP contribution in [0.5, 0.6) is 5.75 Å². The molecule has 1 aromatic rings. The van der Waals surface area contributed by atoms with Crippen molar-refractivity contribution in [3.8, 4) is 5.75 Å². The molecule has 0 fully saturated rings. The van der Waals surface area contributed by atoms with E-state index < -0.39 is 0 Å². The molecule has 2 nitrogen and oxygen atoms in total. The highest BCUT2D eigenvalue weighted by molar-refractivity contribution is 7.99. The normalized spacial score (nSPS) is 24.1. The van der Waals surface area contributed by atoms with Gasteiger partial charge in [-0.3, -0.25) is 0 Å². The number of benzene rings is 1. The van der Waals surface area contributed by atoms with E-state index in [0.717, 1.165) is 12.2 Å². The van der Waals surface area contributed by atoms with Gasteiger partial charge in [-0.25, -0.2) is 0 Å². The van der Waals surface area contributed by atoms with E-state index in [-0.39, 0.29) is 23.9 Å². The van der Waals surface area contributed by atoms with Crippen LogP contribution in [0.2, 0.25) is 0 Å². The Hall–Kier alpha value is -0.380. The molecule has 0 aromatic heterocycles. The van der Waals surface area contributed by atoms with Crippen LogP contribution >= 0.6 is 24.2 Å². The lowest BCUT2D eigenvalue weighted by atomic mass is 9.69. The molecule has 2 rings (SSSR count). The second-order valence-corrected chi connectivity index (χ2v) is 7.83. The molecule has 114 valence electrons. The van der Waals surface area contributed by atoms with Gasteiger partial charge in [-0.1, -0.05) is 33.8 Å². The summed E-state index contributed by atoms with van der Waals surface area (Å²) >= 11 is 2.00. The Kier molecular flexibility index (Phi) is 5.82. The zero-order valence-electron chi connectivity index (χ0n) is 12.7. The molecule has 4 heteroatoms. The van der Waals surface area contributed by atoms with Crippen LogP contribution in [0.25, 0.3) is 0 Å². The molecule has 20 heavy (non-hydrogen) atoms. The van der Waals surface area contributed by atoms with Gasteiger partial charge in [-0.05, 0) is 41.4 Å². The maximum Gasteiger partial charge on any atom is 0.115 e. The number of thioether (sulfide) groups is 1. The molecule has 0 unspecified atom stereocenters. The van der Waals surface area contributed by atoms with Crippen LogP contribution < -0.4 is 5.73 Å². The molecule has 0 aliphatic heterocycles. The van der Waals surface area contributed by atoms with Crippen LogP contribution in [0.3, 0.4) is 0 Å². The summed E-state index contributed by atoms with van der Waals surface area (Å²) in [6.07, 6.45) is 1.01. The molecular formula is C16H26ClNOS. The molecule has 1 aliphatic rings. The molecule has 1 aromatic carbocycles. The number of phenols is 1. The van der Waals surface area contributed by atoms with Crippen molar-refractivity contribution in [3.05, 3.63) is 29.3 Å². The van der Waals surface area contributed by atoms with Gasteiger partial charge in [0.1, 0.15) is 5.75 Å². The zero-order chi connectivity index (χ0) is 14.2. The lowest BCUT2D eigenvalue weighted by Gasteiger charge is -2.43. The minimum Gasteiger partial charge on any atom is -0.508 e. The van der Waals surface area contributed by atoms with Gasteiger partial charge in [0.05, 0.1) is 0 Å². The van der Waals surface area contributed by atoms with E-state index in [1.165, 1.54) is 11.1 Å². The van der Waals surface area contributed by atoms with E-state index in [9.17, 15) is 5.11 Å². The number of hydrogen-bond acceptors (Lipinski definition) is 3. The van der Waals surface area contributed by atoms with Gasteiger partial charge in [-0.2, -0.15) is 11.8 Å². The summed E-state index contributed by atoms with van der Waals surface area (Å²) in [5.74, 6) is 2.19. The fourth-order valence-corrected chi connectivity index (χ4v) is 4.29. The third-order valence-corrected chi connectivity index (χ3v) is 5.83. The number of halogens is 1. The van der Waals surface area contributed by atoms with Crippen LogP contribution in [0, 0.1) is 5.92 Å². The fraction of sp³-hybridized carbons (Fsp3) is 0.625. The van der Waals surface area contributed by atoms with Crippen molar-refractivity contribution in [2.75, 3.05) is 5.75 Å². The SMILES string of the molecule is CC(C)CS[C@H]1Cc2ccc(O)cc2C(C)(C)[C@@H]1N.Cl. The summed E-state index contributed by atoms with van der Waals surface area (Å²) in [6, 6.07) is 5.86. The molecule has 0 radical (unpaired) electrons. The minimum atomic E-state index is -0.0824. The van der Waals surface area contributed by atoms with Crippen LogP contribution in [0.1, 0.15) is 38.8 Å². The first kappa shape index (κ1) is 17.7. The standard InChI is InChI=1S/C16H25NOS.ClH/c1-10(2)9-19-14-7-11-5-6-12(18)8-13(11)16(3,4)15(14)17;/h5-6,8,10,14-15,18H,7,9,17H2,1-4H3;1H/t14-,15+;/m0./s1. The first-order valence-electron chi connectivity index (χ1n) is 7.02. The van der Waals surface area contributed by atoms with Gasteiger partial charge in [0.25, 0.3) is 0 Å². The number of nitrogens with two attached hydrogens (primary N) is 1. The topological polar surface area (TPSA) is 46.2 Å². The summed E-state index contributed by atoms with van der Waals surface area (Å²) in [6.45, 7) is 8.88. The number of rotatable bonds is 3. The van der Waals surface area contributed by atoms with Gasteiger partial charge in [0.15, 0.2) is 0 Å². The Bertz CT molecular complexity index is 462. The van der Waals surface area contributed by atoms with Gasteiger partial charge in [-0.15, -0.1) is 12.4 Å². The fourth-order valence-electron chi connectivity index (χ4n) is 2.81. The van der Waals surface area contributed by atoms with Crippen molar-refractivity contribution in [3.63, 3.8) is 0 Å². The first-order valence-corrected chi connectivity index (χ1v) is 8.06. The average Bonchev–Trinajstić information content (AvgIpc) is 2.33. The van der Waals surface area contributed by atoms with Gasteiger partial charge in [0, 0.05) is 16.7 Å². The number of fused-ring (bicyclic) bond motifs is 1. The minimum absolute atomic E-state index is 0. The Balaban J connectivity index is 0.00000200. The molecule has 0 saturated carbocycles. The van der Waals surface area contributed by atoms with Crippen molar-refractivity contribution in [2.45, 2.75) is 50.8 Å². The Morgan fingerprint density at radius 2 is 2.05 bits per heavy atom. The number of hydrogen-bond donors (Lipinski definition) is 2. The Labute approximate surface area is 132 Å². The van der Waals surface area contributed by atoms with E-state index in [1.54, 1.807) is 6.07 Å². The monoisotopic (exact) mass is 315 g/mol. The van der Waals surface area contributed by atoms with Gasteiger partial charge < -0.3 is 10.8 Å². The lowest BCUT2D eigenvalue weighted by molar-refractivity contribution is 0.369. The van der Waals surface area contributed by atoms with E-state index in [4.69, 9.17) is 5.73 Å². The molecule has 1 aliphatic carbocycles. The van der Waals surface area contributed by atoms with Crippen molar-refractivity contribution in [2.24, 2.45) is 11.7 Å². The molecule has 0 saturated heterocycles. The molecule has 0 amide bonds. The van der Waals surface area contributed by atoms with Crippen LogP contribution in [0.15, 0.2) is 18.2 Å². The third-order valence-electron chi connectivity index (χ3n) is 4.09. The molecular weight excluding hydrogens is 290 g/mol. The van der Waals surface area contributed by atoms with Crippen molar-refractivity contribution in [1.82, 2.24) is 0 Å². The highest BCUT2D eigenvalue weighted by Gasteiger charge is 2.40. The quantitative estimate of drug-likeness (QED) is 0.893. The second-order valence-electron chi connectivity index (χ2n) is 6.56. The van der Waals surface area contributed by atoms with Crippen molar-refractivity contribution < 1.29 is 5.11 Å². The van der Waals surface area contributed by atoms with Crippen LogP contribution in [-0.4, -0.2) is 22.2 Å². The average molecular weight is 316 g/mol. The van der Waals surface area contributed by atoms with E-state index >= 15 is 0 Å². The number of aromatic hydroxyl groups is 1. The first-order chi connectivity index (χ1) is 8.82. The molecule has 3 N–H and O–H groups in total. The van der Waals surface area contributed by atoms with Gasteiger partial charge >= 0.3 is 0 Å². The maximum absolute atomic E-state index is 9.70. The smallest absolute Gasteiger partial charge is 0.115 e. The molecule has 0 bridgehead atoms. The summed E-state index contributed by atoms with van der Waals surface area (Å²) in [7, 11) is 0. The van der Waals surface area contributed by atoms with E-state index in [2.05, 4.69) is 33.8 Å². The lowest BCUT2D eigenvalue weighted by Crippen LogP contribution is -2.52. The van der Waals surface area contributed by atoms with E-state index in [1.807, 2.05) is 17.8 Å². The second kappa shape index (κ2) is 6.59.